The highest BCUT2D eigenvalue weighted by Crippen LogP contribution is 2.32. The van der Waals surface area contributed by atoms with Crippen molar-refractivity contribution in [1.82, 2.24) is 9.38 Å². The lowest BCUT2D eigenvalue weighted by Gasteiger charge is -2.10. The van der Waals surface area contributed by atoms with E-state index < -0.39 is 0 Å². The molecule has 156 valence electrons. The summed E-state index contributed by atoms with van der Waals surface area (Å²) in [6, 6.07) is 27.4. The Kier molecular flexibility index (Phi) is 5.21. The number of fused-ring (bicyclic) bond motifs is 1. The van der Waals surface area contributed by atoms with Gasteiger partial charge in [-0.25, -0.2) is 9.78 Å². The van der Waals surface area contributed by atoms with Crippen molar-refractivity contribution in [1.29, 1.82) is 0 Å². The van der Waals surface area contributed by atoms with E-state index in [4.69, 9.17) is 21.3 Å². The Morgan fingerprint density at radius 3 is 2.19 bits per heavy atom. The number of ether oxygens (including phenoxy) is 1. The number of hydrogen-bond donors (Lipinski definition) is 0. The summed E-state index contributed by atoms with van der Waals surface area (Å²) in [6.45, 7) is 0. The standard InChI is InChI=1S/C27H19ClN2O2/c1-32-27(31)21-9-7-19(8-10-21)24-15-22(18-11-13-23(28)14-12-18)16-30-17-25(29-26(24)30)20-5-3-2-4-6-20/h2-17H,1H3. The first-order valence-corrected chi connectivity index (χ1v) is 10.5. The van der Waals surface area contributed by atoms with Crippen LogP contribution in [0.2, 0.25) is 5.02 Å². The zero-order valence-corrected chi connectivity index (χ0v) is 18.1. The minimum atomic E-state index is -0.358. The topological polar surface area (TPSA) is 43.6 Å². The first-order valence-electron chi connectivity index (χ1n) is 10.2. The number of hydrogen-bond acceptors (Lipinski definition) is 3. The molecule has 32 heavy (non-hydrogen) atoms. The van der Waals surface area contributed by atoms with Crippen LogP contribution < -0.4 is 0 Å². The van der Waals surface area contributed by atoms with Crippen LogP contribution in [-0.4, -0.2) is 22.5 Å². The first kappa shape index (κ1) is 20.0. The van der Waals surface area contributed by atoms with Crippen LogP contribution in [0.1, 0.15) is 10.4 Å². The number of pyridine rings is 1. The average molecular weight is 439 g/mol. The van der Waals surface area contributed by atoms with Gasteiger partial charge in [-0.3, -0.25) is 0 Å². The van der Waals surface area contributed by atoms with Crippen LogP contribution in [0.15, 0.2) is 97.3 Å². The minimum Gasteiger partial charge on any atom is -0.465 e. The van der Waals surface area contributed by atoms with E-state index >= 15 is 0 Å². The second kappa shape index (κ2) is 8.33. The maximum atomic E-state index is 11.9. The average Bonchev–Trinajstić information content (AvgIpc) is 3.28. The maximum absolute atomic E-state index is 11.9. The normalized spacial score (nSPS) is 10.9. The van der Waals surface area contributed by atoms with Crippen molar-refractivity contribution in [3.63, 3.8) is 0 Å². The molecule has 5 heteroatoms. The van der Waals surface area contributed by atoms with Crippen LogP contribution in [0.25, 0.3) is 39.2 Å². The summed E-state index contributed by atoms with van der Waals surface area (Å²) in [5.41, 5.74) is 7.32. The van der Waals surface area contributed by atoms with Gasteiger partial charge in [-0.15, -0.1) is 0 Å². The Morgan fingerprint density at radius 1 is 0.812 bits per heavy atom. The van der Waals surface area contributed by atoms with E-state index in [1.807, 2.05) is 72.9 Å². The molecule has 0 unspecified atom stereocenters. The fourth-order valence-corrected chi connectivity index (χ4v) is 3.89. The third kappa shape index (κ3) is 3.77. The van der Waals surface area contributed by atoms with Crippen LogP contribution in [0.4, 0.5) is 0 Å². The lowest BCUT2D eigenvalue weighted by atomic mass is 10.0. The summed E-state index contributed by atoms with van der Waals surface area (Å²) in [5, 5.41) is 0.697. The van der Waals surface area contributed by atoms with Gasteiger partial charge in [0.05, 0.1) is 18.4 Å². The third-order valence-electron chi connectivity index (χ3n) is 5.42. The van der Waals surface area contributed by atoms with Gasteiger partial charge in [-0.1, -0.05) is 66.2 Å². The number of halogens is 1. The number of aromatic nitrogens is 2. The van der Waals surface area contributed by atoms with Crippen molar-refractivity contribution in [3.8, 4) is 33.5 Å². The van der Waals surface area contributed by atoms with Gasteiger partial charge in [0.25, 0.3) is 0 Å². The van der Waals surface area contributed by atoms with Gasteiger partial charge in [0.2, 0.25) is 0 Å². The van der Waals surface area contributed by atoms with E-state index in [1.54, 1.807) is 12.1 Å². The van der Waals surface area contributed by atoms with Gasteiger partial charge in [0, 0.05) is 28.5 Å². The Morgan fingerprint density at radius 2 is 1.50 bits per heavy atom. The van der Waals surface area contributed by atoms with Crippen molar-refractivity contribution < 1.29 is 9.53 Å². The van der Waals surface area contributed by atoms with E-state index in [0.29, 0.717) is 10.6 Å². The first-order chi connectivity index (χ1) is 15.6. The molecule has 0 bridgehead atoms. The Labute approximate surface area is 190 Å². The van der Waals surface area contributed by atoms with Crippen molar-refractivity contribution in [2.45, 2.75) is 0 Å². The molecule has 5 aromatic rings. The molecule has 0 aliphatic rings. The molecule has 3 aromatic carbocycles. The summed E-state index contributed by atoms with van der Waals surface area (Å²) < 4.78 is 6.88. The van der Waals surface area contributed by atoms with Gasteiger partial charge < -0.3 is 9.14 Å². The van der Waals surface area contributed by atoms with Crippen molar-refractivity contribution >= 4 is 23.2 Å². The summed E-state index contributed by atoms with van der Waals surface area (Å²) >= 11 is 6.09. The van der Waals surface area contributed by atoms with Crippen molar-refractivity contribution in [3.05, 3.63) is 108 Å². The van der Waals surface area contributed by atoms with Gasteiger partial charge in [0.15, 0.2) is 0 Å². The molecular formula is C27H19ClN2O2. The molecule has 0 saturated heterocycles. The minimum absolute atomic E-state index is 0.358. The number of nitrogens with zero attached hydrogens (tertiary/aromatic N) is 2. The highest BCUT2D eigenvalue weighted by atomic mass is 35.5. The molecule has 0 saturated carbocycles. The van der Waals surface area contributed by atoms with Crippen LogP contribution in [0, 0.1) is 0 Å². The van der Waals surface area contributed by atoms with Gasteiger partial charge in [-0.05, 0) is 47.0 Å². The molecule has 0 N–H and O–H groups in total. The quantitative estimate of drug-likeness (QED) is 0.290. The lowest BCUT2D eigenvalue weighted by molar-refractivity contribution is 0.0601. The third-order valence-corrected chi connectivity index (χ3v) is 5.67. The Bertz CT molecular complexity index is 1410. The highest BCUT2D eigenvalue weighted by Gasteiger charge is 2.14. The van der Waals surface area contributed by atoms with Crippen LogP contribution in [-0.2, 0) is 4.74 Å². The summed E-state index contributed by atoms with van der Waals surface area (Å²) in [4.78, 5) is 16.8. The Hall–Kier alpha value is -3.89. The number of methoxy groups -OCH3 is 1. The molecule has 0 aliphatic carbocycles. The highest BCUT2D eigenvalue weighted by molar-refractivity contribution is 6.30. The predicted octanol–water partition coefficient (Wildman–Crippen LogP) is 6.78. The number of carbonyl (C=O) groups excluding carboxylic acids is 1. The molecule has 0 atom stereocenters. The molecule has 4 nitrogen and oxygen atoms in total. The summed E-state index contributed by atoms with van der Waals surface area (Å²) in [5.74, 6) is -0.358. The van der Waals surface area contributed by atoms with Crippen molar-refractivity contribution in [2.24, 2.45) is 0 Å². The SMILES string of the molecule is COC(=O)c1ccc(-c2cc(-c3ccc(Cl)cc3)cn3cc(-c4ccccc4)nc23)cc1. The molecule has 2 heterocycles. The maximum Gasteiger partial charge on any atom is 0.337 e. The fraction of sp³-hybridized carbons (Fsp3) is 0.0370. The molecule has 0 fully saturated rings. The largest absolute Gasteiger partial charge is 0.465 e. The number of rotatable bonds is 4. The van der Waals surface area contributed by atoms with E-state index in [1.165, 1.54) is 7.11 Å². The number of esters is 1. The lowest BCUT2D eigenvalue weighted by Crippen LogP contribution is -2.00. The fourth-order valence-electron chi connectivity index (χ4n) is 3.76. The second-order valence-electron chi connectivity index (χ2n) is 7.44. The molecule has 0 spiro atoms. The monoisotopic (exact) mass is 438 g/mol. The number of carbonyl (C=O) groups is 1. The molecular weight excluding hydrogens is 420 g/mol. The van der Waals surface area contributed by atoms with Crippen molar-refractivity contribution in [2.75, 3.05) is 7.11 Å². The van der Waals surface area contributed by atoms with Gasteiger partial charge >= 0.3 is 5.97 Å². The molecule has 0 radical (unpaired) electrons. The molecule has 0 aliphatic heterocycles. The molecule has 5 rings (SSSR count). The number of imidazole rings is 1. The zero-order valence-electron chi connectivity index (χ0n) is 17.3. The van der Waals surface area contributed by atoms with E-state index in [-0.39, 0.29) is 5.97 Å². The van der Waals surface area contributed by atoms with E-state index in [0.717, 1.165) is 39.2 Å². The van der Waals surface area contributed by atoms with E-state index in [9.17, 15) is 4.79 Å². The van der Waals surface area contributed by atoms with E-state index in [2.05, 4.69) is 16.7 Å². The number of benzene rings is 3. The predicted molar refractivity (Wildman–Crippen MR) is 128 cm³/mol. The van der Waals surface area contributed by atoms with Gasteiger partial charge in [-0.2, -0.15) is 0 Å². The van der Waals surface area contributed by atoms with Crippen LogP contribution >= 0.6 is 11.6 Å². The second-order valence-corrected chi connectivity index (χ2v) is 7.88. The smallest absolute Gasteiger partial charge is 0.337 e. The van der Waals surface area contributed by atoms with Gasteiger partial charge in [0.1, 0.15) is 5.65 Å². The summed E-state index contributed by atoms with van der Waals surface area (Å²) in [7, 11) is 1.38. The van der Waals surface area contributed by atoms with Crippen LogP contribution in [0.5, 0.6) is 0 Å². The Balaban J connectivity index is 1.70. The summed E-state index contributed by atoms with van der Waals surface area (Å²) in [6.07, 6.45) is 4.11. The van der Waals surface area contributed by atoms with Crippen LogP contribution in [0.3, 0.4) is 0 Å². The molecule has 2 aromatic heterocycles. The zero-order chi connectivity index (χ0) is 22.1. The molecule has 0 amide bonds.